The molecule has 0 saturated carbocycles. The molecule has 1 amide bonds. The number of rotatable bonds is 9. The van der Waals surface area contributed by atoms with Crippen LogP contribution in [-0.4, -0.2) is 46.9 Å². The third-order valence-electron chi connectivity index (χ3n) is 3.22. The van der Waals surface area contributed by atoms with Gasteiger partial charge in [-0.1, -0.05) is 24.6 Å². The summed E-state index contributed by atoms with van der Waals surface area (Å²) in [4.78, 5) is 12.4. The smallest absolute Gasteiger partial charge is 0.243 e. The van der Waals surface area contributed by atoms with E-state index in [2.05, 4.69) is 5.32 Å². The summed E-state index contributed by atoms with van der Waals surface area (Å²) >= 11 is 5.95. The van der Waals surface area contributed by atoms with Gasteiger partial charge in [0.1, 0.15) is 6.04 Å². The fourth-order valence-corrected chi connectivity index (χ4v) is 3.61. The van der Waals surface area contributed by atoms with E-state index < -0.39 is 16.1 Å². The van der Waals surface area contributed by atoms with E-state index in [1.54, 1.807) is 32.2 Å². The minimum absolute atomic E-state index is 0.339. The standard InChI is InChI=1S/C15H23ClN2O4S/c1-4-14(15(19)17-9-6-10-22-2)18(23(3,20)21)13-8-5-7-12(16)11-13/h5,7-8,11,14H,4,6,9-10H2,1-3H3,(H,17,19)/t14-/m1/s1. The van der Waals surface area contributed by atoms with Crippen molar-refractivity contribution in [2.45, 2.75) is 25.8 Å². The number of methoxy groups -OCH3 is 1. The molecule has 0 heterocycles. The highest BCUT2D eigenvalue weighted by atomic mass is 35.5. The monoisotopic (exact) mass is 362 g/mol. The summed E-state index contributed by atoms with van der Waals surface area (Å²) in [6.45, 7) is 2.72. The number of ether oxygens (including phenoxy) is 1. The molecule has 1 aromatic carbocycles. The van der Waals surface area contributed by atoms with Crippen LogP contribution in [0.3, 0.4) is 0 Å². The van der Waals surface area contributed by atoms with Crippen molar-refractivity contribution >= 4 is 33.2 Å². The second-order valence-corrected chi connectivity index (χ2v) is 7.40. The number of benzene rings is 1. The van der Waals surface area contributed by atoms with Crippen LogP contribution in [0.15, 0.2) is 24.3 Å². The first kappa shape index (κ1) is 19.7. The van der Waals surface area contributed by atoms with Crippen molar-refractivity contribution < 1.29 is 17.9 Å². The predicted octanol–water partition coefficient (Wildman–Crippen LogP) is 2.04. The second kappa shape index (κ2) is 9.10. The van der Waals surface area contributed by atoms with E-state index in [1.807, 2.05) is 0 Å². The lowest BCUT2D eigenvalue weighted by Crippen LogP contribution is -2.49. The van der Waals surface area contributed by atoms with Crippen LogP contribution in [0.25, 0.3) is 0 Å². The molecule has 130 valence electrons. The lowest BCUT2D eigenvalue weighted by Gasteiger charge is -2.30. The third-order valence-corrected chi connectivity index (χ3v) is 4.63. The number of anilines is 1. The Morgan fingerprint density at radius 3 is 2.65 bits per heavy atom. The molecule has 8 heteroatoms. The summed E-state index contributed by atoms with van der Waals surface area (Å²) in [5.74, 6) is -0.339. The normalized spacial score (nSPS) is 12.7. The van der Waals surface area contributed by atoms with Gasteiger partial charge in [-0.2, -0.15) is 0 Å². The summed E-state index contributed by atoms with van der Waals surface area (Å²) in [6.07, 6.45) is 2.08. The first-order valence-electron chi connectivity index (χ1n) is 7.32. The van der Waals surface area contributed by atoms with Gasteiger partial charge in [0.2, 0.25) is 15.9 Å². The number of halogens is 1. The summed E-state index contributed by atoms with van der Waals surface area (Å²) in [5.41, 5.74) is 0.374. The van der Waals surface area contributed by atoms with Crippen LogP contribution in [0.5, 0.6) is 0 Å². The molecule has 23 heavy (non-hydrogen) atoms. The molecule has 0 fully saturated rings. The summed E-state index contributed by atoms with van der Waals surface area (Å²) in [5, 5.41) is 3.16. The molecule has 0 spiro atoms. The number of nitrogens with one attached hydrogen (secondary N) is 1. The number of sulfonamides is 1. The Balaban J connectivity index is 3.02. The topological polar surface area (TPSA) is 75.7 Å². The molecule has 0 aliphatic heterocycles. The fourth-order valence-electron chi connectivity index (χ4n) is 2.22. The van der Waals surface area contributed by atoms with Gasteiger partial charge in [0.15, 0.2) is 0 Å². The van der Waals surface area contributed by atoms with Crippen molar-refractivity contribution in [2.75, 3.05) is 30.8 Å². The van der Waals surface area contributed by atoms with E-state index in [0.29, 0.717) is 36.7 Å². The summed E-state index contributed by atoms with van der Waals surface area (Å²) < 4.78 is 30.5. The van der Waals surface area contributed by atoms with Crippen molar-refractivity contribution in [1.82, 2.24) is 5.32 Å². The molecule has 1 atom stereocenters. The maximum atomic E-state index is 12.4. The van der Waals surface area contributed by atoms with Gasteiger partial charge in [0.25, 0.3) is 0 Å². The molecular formula is C15H23ClN2O4S. The molecule has 0 aliphatic rings. The minimum Gasteiger partial charge on any atom is -0.385 e. The fraction of sp³-hybridized carbons (Fsp3) is 0.533. The lowest BCUT2D eigenvalue weighted by atomic mass is 10.2. The molecule has 0 aliphatic carbocycles. The molecule has 0 unspecified atom stereocenters. The lowest BCUT2D eigenvalue weighted by molar-refractivity contribution is -0.122. The van der Waals surface area contributed by atoms with Crippen molar-refractivity contribution in [3.63, 3.8) is 0 Å². The van der Waals surface area contributed by atoms with Gasteiger partial charge in [-0.15, -0.1) is 0 Å². The molecule has 0 bridgehead atoms. The molecule has 0 saturated heterocycles. The van der Waals surface area contributed by atoms with Crippen LogP contribution in [0.2, 0.25) is 5.02 Å². The van der Waals surface area contributed by atoms with Gasteiger partial charge in [-0.3, -0.25) is 9.10 Å². The average Bonchev–Trinajstić information content (AvgIpc) is 2.47. The zero-order chi connectivity index (χ0) is 17.5. The largest absolute Gasteiger partial charge is 0.385 e. The van der Waals surface area contributed by atoms with Crippen molar-refractivity contribution in [3.8, 4) is 0 Å². The van der Waals surface area contributed by atoms with E-state index in [9.17, 15) is 13.2 Å². The SMILES string of the molecule is CC[C@H](C(=O)NCCCOC)N(c1cccc(Cl)c1)S(C)(=O)=O. The van der Waals surface area contributed by atoms with Gasteiger partial charge >= 0.3 is 0 Å². The van der Waals surface area contributed by atoms with Gasteiger partial charge in [-0.05, 0) is 31.0 Å². The second-order valence-electron chi connectivity index (χ2n) is 5.10. The predicted molar refractivity (Wildman–Crippen MR) is 92.4 cm³/mol. The maximum absolute atomic E-state index is 12.4. The number of amides is 1. The van der Waals surface area contributed by atoms with Gasteiger partial charge in [-0.25, -0.2) is 8.42 Å². The summed E-state index contributed by atoms with van der Waals surface area (Å²) in [7, 11) is -2.05. The van der Waals surface area contributed by atoms with Gasteiger partial charge in [0.05, 0.1) is 11.9 Å². The number of carbonyl (C=O) groups excluding carboxylic acids is 1. The van der Waals surface area contributed by atoms with E-state index in [0.717, 1.165) is 10.6 Å². The number of hydrogen-bond donors (Lipinski definition) is 1. The van der Waals surface area contributed by atoms with E-state index >= 15 is 0 Å². The van der Waals surface area contributed by atoms with E-state index in [1.165, 1.54) is 6.07 Å². The van der Waals surface area contributed by atoms with Crippen LogP contribution >= 0.6 is 11.6 Å². The molecule has 6 nitrogen and oxygen atoms in total. The number of nitrogens with zero attached hydrogens (tertiary/aromatic N) is 1. The highest BCUT2D eigenvalue weighted by molar-refractivity contribution is 7.92. The van der Waals surface area contributed by atoms with Crippen LogP contribution in [0.1, 0.15) is 19.8 Å². The Morgan fingerprint density at radius 1 is 1.43 bits per heavy atom. The molecule has 1 N–H and O–H groups in total. The molecule has 0 aromatic heterocycles. The minimum atomic E-state index is -3.64. The Hall–Kier alpha value is -1.31. The maximum Gasteiger partial charge on any atom is 0.243 e. The van der Waals surface area contributed by atoms with E-state index in [4.69, 9.17) is 16.3 Å². The highest BCUT2D eigenvalue weighted by Gasteiger charge is 2.31. The Kier molecular flexibility index (Phi) is 7.81. The van der Waals surface area contributed by atoms with Crippen molar-refractivity contribution in [3.05, 3.63) is 29.3 Å². The Morgan fingerprint density at radius 2 is 2.13 bits per heavy atom. The highest BCUT2D eigenvalue weighted by Crippen LogP contribution is 2.25. The quantitative estimate of drug-likeness (QED) is 0.682. The molecular weight excluding hydrogens is 340 g/mol. The van der Waals surface area contributed by atoms with Crippen LogP contribution < -0.4 is 9.62 Å². The third kappa shape index (κ3) is 6.01. The van der Waals surface area contributed by atoms with E-state index in [-0.39, 0.29) is 5.91 Å². The number of hydrogen-bond acceptors (Lipinski definition) is 4. The van der Waals surface area contributed by atoms with Crippen molar-refractivity contribution in [1.29, 1.82) is 0 Å². The van der Waals surface area contributed by atoms with Gasteiger partial charge < -0.3 is 10.1 Å². The molecule has 1 aromatic rings. The first-order valence-corrected chi connectivity index (χ1v) is 9.55. The van der Waals surface area contributed by atoms with Crippen molar-refractivity contribution in [2.24, 2.45) is 0 Å². The Bertz CT molecular complexity index is 622. The zero-order valence-electron chi connectivity index (χ0n) is 13.6. The average molecular weight is 363 g/mol. The molecule has 0 radical (unpaired) electrons. The van der Waals surface area contributed by atoms with Crippen LogP contribution in [0, 0.1) is 0 Å². The summed E-state index contributed by atoms with van der Waals surface area (Å²) in [6, 6.07) is 5.62. The van der Waals surface area contributed by atoms with Gasteiger partial charge in [0, 0.05) is 25.3 Å². The van der Waals surface area contributed by atoms with Crippen LogP contribution in [-0.2, 0) is 19.6 Å². The molecule has 1 rings (SSSR count). The first-order chi connectivity index (χ1) is 10.8. The Labute approximate surface area is 142 Å². The number of carbonyl (C=O) groups is 1. The van der Waals surface area contributed by atoms with Crippen LogP contribution in [0.4, 0.5) is 5.69 Å². The zero-order valence-corrected chi connectivity index (χ0v) is 15.2.